The topological polar surface area (TPSA) is 12.0 Å². The highest BCUT2D eigenvalue weighted by molar-refractivity contribution is 7.99. The minimum atomic E-state index is 0.787. The first-order chi connectivity index (χ1) is 5.79. The molecule has 1 aliphatic rings. The van der Waals surface area contributed by atoms with Crippen LogP contribution in [0.5, 0.6) is 0 Å². The van der Waals surface area contributed by atoms with Crippen LogP contribution < -0.4 is 5.32 Å². The van der Waals surface area contributed by atoms with E-state index in [4.69, 9.17) is 0 Å². The van der Waals surface area contributed by atoms with Crippen LogP contribution in [0.4, 0.5) is 0 Å². The van der Waals surface area contributed by atoms with Crippen LogP contribution in [-0.2, 0) is 0 Å². The Morgan fingerprint density at radius 3 is 2.58 bits per heavy atom. The van der Waals surface area contributed by atoms with Crippen molar-refractivity contribution in [3.8, 4) is 0 Å². The van der Waals surface area contributed by atoms with Gasteiger partial charge in [0.05, 0.1) is 0 Å². The molecule has 72 valence electrons. The lowest BCUT2D eigenvalue weighted by Crippen LogP contribution is -2.28. The Bertz CT molecular complexity index is 108. The van der Waals surface area contributed by atoms with Crippen molar-refractivity contribution >= 4 is 11.8 Å². The lowest BCUT2D eigenvalue weighted by molar-refractivity contribution is 0.545. The molecular formula is C10H21NS. The average molecular weight is 187 g/mol. The van der Waals surface area contributed by atoms with E-state index >= 15 is 0 Å². The maximum absolute atomic E-state index is 3.62. The van der Waals surface area contributed by atoms with Crippen LogP contribution in [0.25, 0.3) is 0 Å². The summed E-state index contributed by atoms with van der Waals surface area (Å²) in [5, 5.41) is 4.40. The highest BCUT2D eigenvalue weighted by atomic mass is 32.2. The normalized spacial score (nSPS) is 19.2. The van der Waals surface area contributed by atoms with Gasteiger partial charge in [-0.05, 0) is 18.1 Å². The number of hydrogen-bond acceptors (Lipinski definition) is 2. The summed E-state index contributed by atoms with van der Waals surface area (Å²) in [6.45, 7) is 5.73. The lowest BCUT2D eigenvalue weighted by Gasteiger charge is -2.11. The Labute approximate surface area is 80.7 Å². The van der Waals surface area contributed by atoms with Gasteiger partial charge in [-0.1, -0.05) is 26.7 Å². The molecule has 0 aromatic heterocycles. The Morgan fingerprint density at radius 2 is 2.00 bits per heavy atom. The van der Waals surface area contributed by atoms with Crippen molar-refractivity contribution in [1.29, 1.82) is 0 Å². The zero-order chi connectivity index (χ0) is 8.81. The van der Waals surface area contributed by atoms with Crippen LogP contribution in [0.1, 0.15) is 39.5 Å². The van der Waals surface area contributed by atoms with Gasteiger partial charge >= 0.3 is 0 Å². The molecule has 0 unspecified atom stereocenters. The monoisotopic (exact) mass is 187 g/mol. The SMILES string of the molecule is CC(C)SCCNC1CCCC1. The molecule has 0 amide bonds. The van der Waals surface area contributed by atoms with Gasteiger partial charge in [-0.15, -0.1) is 0 Å². The molecule has 0 heterocycles. The van der Waals surface area contributed by atoms with Crippen LogP contribution >= 0.6 is 11.8 Å². The van der Waals surface area contributed by atoms with Crippen molar-refractivity contribution in [2.24, 2.45) is 0 Å². The van der Waals surface area contributed by atoms with Crippen molar-refractivity contribution in [3.63, 3.8) is 0 Å². The standard InChI is InChI=1S/C10H21NS/c1-9(2)12-8-7-11-10-5-3-4-6-10/h9-11H,3-8H2,1-2H3. The van der Waals surface area contributed by atoms with Crippen LogP contribution in [0.15, 0.2) is 0 Å². The highest BCUT2D eigenvalue weighted by Crippen LogP contribution is 2.17. The minimum absolute atomic E-state index is 0.787. The molecule has 2 heteroatoms. The fourth-order valence-electron chi connectivity index (χ4n) is 1.69. The Hall–Kier alpha value is 0.310. The second-order valence-corrected chi connectivity index (χ2v) is 5.54. The van der Waals surface area contributed by atoms with Gasteiger partial charge < -0.3 is 5.32 Å². The summed E-state index contributed by atoms with van der Waals surface area (Å²) in [6.07, 6.45) is 5.70. The quantitative estimate of drug-likeness (QED) is 0.664. The second-order valence-electron chi connectivity index (χ2n) is 3.86. The third-order valence-electron chi connectivity index (χ3n) is 2.34. The number of nitrogens with one attached hydrogen (secondary N) is 1. The molecule has 0 atom stereocenters. The van der Waals surface area contributed by atoms with Gasteiger partial charge in [0.2, 0.25) is 0 Å². The van der Waals surface area contributed by atoms with Crippen LogP contribution in [-0.4, -0.2) is 23.6 Å². The Kier molecular flexibility index (Phi) is 5.08. The predicted octanol–water partition coefficient (Wildman–Crippen LogP) is 2.66. The first-order valence-electron chi connectivity index (χ1n) is 5.14. The molecule has 0 aromatic carbocycles. The largest absolute Gasteiger partial charge is 0.313 e. The third-order valence-corrected chi connectivity index (χ3v) is 3.45. The van der Waals surface area contributed by atoms with Crippen molar-refractivity contribution in [2.75, 3.05) is 12.3 Å². The molecule has 0 saturated heterocycles. The fraction of sp³-hybridized carbons (Fsp3) is 1.00. The molecule has 1 rings (SSSR count). The molecule has 1 fully saturated rings. The van der Waals surface area contributed by atoms with E-state index in [1.165, 1.54) is 38.0 Å². The summed E-state index contributed by atoms with van der Waals surface area (Å²) in [4.78, 5) is 0. The van der Waals surface area contributed by atoms with E-state index in [2.05, 4.69) is 30.9 Å². The van der Waals surface area contributed by atoms with Gasteiger partial charge in [-0.2, -0.15) is 11.8 Å². The smallest absolute Gasteiger partial charge is 0.00673 e. The molecule has 0 aromatic rings. The van der Waals surface area contributed by atoms with E-state index < -0.39 is 0 Å². The fourth-order valence-corrected chi connectivity index (χ4v) is 2.39. The third kappa shape index (κ3) is 4.36. The van der Waals surface area contributed by atoms with Gasteiger partial charge in [-0.3, -0.25) is 0 Å². The van der Waals surface area contributed by atoms with Crippen molar-refractivity contribution in [2.45, 2.75) is 50.8 Å². The summed E-state index contributed by atoms with van der Waals surface area (Å²) < 4.78 is 0. The van der Waals surface area contributed by atoms with Gasteiger partial charge in [-0.25, -0.2) is 0 Å². The molecule has 1 nitrogen and oxygen atoms in total. The maximum atomic E-state index is 3.62. The van der Waals surface area contributed by atoms with Crippen LogP contribution in [0.3, 0.4) is 0 Å². The molecule has 0 bridgehead atoms. The summed E-state index contributed by atoms with van der Waals surface area (Å²) in [5.74, 6) is 1.27. The number of rotatable bonds is 5. The lowest BCUT2D eigenvalue weighted by atomic mass is 10.2. The summed E-state index contributed by atoms with van der Waals surface area (Å²) >= 11 is 2.05. The van der Waals surface area contributed by atoms with Crippen LogP contribution in [0.2, 0.25) is 0 Å². The van der Waals surface area contributed by atoms with Gasteiger partial charge in [0.25, 0.3) is 0 Å². The van der Waals surface area contributed by atoms with E-state index in [1.54, 1.807) is 0 Å². The zero-order valence-electron chi connectivity index (χ0n) is 8.31. The first kappa shape index (κ1) is 10.4. The molecule has 1 aliphatic carbocycles. The van der Waals surface area contributed by atoms with Crippen molar-refractivity contribution in [1.82, 2.24) is 5.32 Å². The molecule has 12 heavy (non-hydrogen) atoms. The van der Waals surface area contributed by atoms with E-state index in [9.17, 15) is 0 Å². The zero-order valence-corrected chi connectivity index (χ0v) is 9.12. The molecule has 0 radical (unpaired) electrons. The van der Waals surface area contributed by atoms with Gasteiger partial charge in [0.15, 0.2) is 0 Å². The average Bonchev–Trinajstić information content (AvgIpc) is 2.49. The number of hydrogen-bond donors (Lipinski definition) is 1. The molecular weight excluding hydrogens is 166 g/mol. The van der Waals surface area contributed by atoms with E-state index in [0.29, 0.717) is 0 Å². The van der Waals surface area contributed by atoms with Gasteiger partial charge in [0.1, 0.15) is 0 Å². The van der Waals surface area contributed by atoms with Crippen LogP contribution in [0, 0.1) is 0 Å². The van der Waals surface area contributed by atoms with Crippen molar-refractivity contribution < 1.29 is 0 Å². The minimum Gasteiger partial charge on any atom is -0.313 e. The summed E-state index contributed by atoms with van der Waals surface area (Å²) in [7, 11) is 0. The molecule has 0 aliphatic heterocycles. The Morgan fingerprint density at radius 1 is 1.33 bits per heavy atom. The molecule has 1 saturated carbocycles. The van der Waals surface area contributed by atoms with Crippen molar-refractivity contribution in [3.05, 3.63) is 0 Å². The van der Waals surface area contributed by atoms with Gasteiger partial charge in [0, 0.05) is 18.3 Å². The summed E-state index contributed by atoms with van der Waals surface area (Å²) in [5.41, 5.74) is 0. The van der Waals surface area contributed by atoms with E-state index in [-0.39, 0.29) is 0 Å². The highest BCUT2D eigenvalue weighted by Gasteiger charge is 2.13. The summed E-state index contributed by atoms with van der Waals surface area (Å²) in [6, 6.07) is 0.845. The van der Waals surface area contributed by atoms with E-state index in [0.717, 1.165) is 11.3 Å². The molecule has 0 spiro atoms. The number of thioether (sulfide) groups is 1. The maximum Gasteiger partial charge on any atom is 0.00673 e. The van der Waals surface area contributed by atoms with E-state index in [1.807, 2.05) is 0 Å². The molecule has 1 N–H and O–H groups in total. The Balaban J connectivity index is 1.88. The second kappa shape index (κ2) is 5.87. The predicted molar refractivity (Wildman–Crippen MR) is 57.9 cm³/mol. The first-order valence-corrected chi connectivity index (χ1v) is 6.19.